The minimum absolute atomic E-state index is 0.0661. The third-order valence-electron chi connectivity index (χ3n) is 3.59. The van der Waals surface area contributed by atoms with Crippen LogP contribution in [-0.4, -0.2) is 34.0 Å². The van der Waals surface area contributed by atoms with E-state index in [1.165, 1.54) is 0 Å². The van der Waals surface area contributed by atoms with Gasteiger partial charge < -0.3 is 14.8 Å². The van der Waals surface area contributed by atoms with Gasteiger partial charge in [-0.2, -0.15) is 0 Å². The molecule has 3 aromatic rings. The van der Waals surface area contributed by atoms with Crippen LogP contribution in [0.15, 0.2) is 36.5 Å². The molecule has 132 valence electrons. The average molecular weight is 340 g/mol. The number of nitrogens with zero attached hydrogens (tertiary/aromatic N) is 3. The number of rotatable bonds is 6. The molecule has 2 heterocycles. The van der Waals surface area contributed by atoms with Crippen LogP contribution in [0.5, 0.6) is 11.5 Å². The Balaban J connectivity index is 2.09. The van der Waals surface area contributed by atoms with E-state index in [4.69, 9.17) is 14.5 Å². The summed E-state index contributed by atoms with van der Waals surface area (Å²) < 4.78 is 13.1. The van der Waals surface area contributed by atoms with Crippen LogP contribution in [-0.2, 0) is 0 Å². The van der Waals surface area contributed by atoms with Gasteiger partial charge in [0.05, 0.1) is 18.7 Å². The lowest BCUT2D eigenvalue weighted by atomic mass is 10.2. The van der Waals surface area contributed by atoms with Gasteiger partial charge in [0.1, 0.15) is 17.3 Å². The second-order valence-electron chi connectivity index (χ2n) is 6.47. The number of ether oxygens (including phenoxy) is 2. The molecule has 3 rings (SSSR count). The Morgan fingerprint density at radius 2 is 1.88 bits per heavy atom. The third kappa shape index (κ3) is 3.84. The zero-order valence-corrected chi connectivity index (χ0v) is 15.3. The number of benzene rings is 1. The molecule has 0 saturated carbocycles. The second-order valence-corrected chi connectivity index (χ2v) is 6.47. The molecule has 0 fully saturated rings. The van der Waals surface area contributed by atoms with Crippen LogP contribution in [0.1, 0.15) is 27.7 Å². The molecule has 6 nitrogen and oxygen atoms in total. The highest BCUT2D eigenvalue weighted by Gasteiger charge is 2.12. The van der Waals surface area contributed by atoms with Gasteiger partial charge in [-0.25, -0.2) is 9.67 Å². The van der Waals surface area contributed by atoms with E-state index in [0.717, 1.165) is 28.2 Å². The predicted octanol–water partition coefficient (Wildman–Crippen LogP) is 4.04. The van der Waals surface area contributed by atoms with Gasteiger partial charge in [-0.1, -0.05) is 0 Å². The van der Waals surface area contributed by atoms with Crippen molar-refractivity contribution in [3.8, 4) is 17.3 Å². The first kappa shape index (κ1) is 17.1. The van der Waals surface area contributed by atoms with Crippen molar-refractivity contribution in [2.75, 3.05) is 12.4 Å². The fourth-order valence-electron chi connectivity index (χ4n) is 2.58. The summed E-state index contributed by atoms with van der Waals surface area (Å²) in [4.78, 5) is 4.73. The van der Waals surface area contributed by atoms with Gasteiger partial charge in [0.2, 0.25) is 0 Å². The zero-order chi connectivity index (χ0) is 18.0. The molecule has 0 spiro atoms. The Bertz CT molecular complexity index is 871. The van der Waals surface area contributed by atoms with Gasteiger partial charge in [0.25, 0.3) is 0 Å². The molecular formula is C19H24N4O2. The van der Waals surface area contributed by atoms with E-state index in [1.807, 2.05) is 50.4 Å². The minimum Gasteiger partial charge on any atom is -0.497 e. The topological polar surface area (TPSA) is 61.2 Å². The number of pyridine rings is 1. The summed E-state index contributed by atoms with van der Waals surface area (Å²) in [5.74, 6) is 3.06. The van der Waals surface area contributed by atoms with Crippen molar-refractivity contribution in [3.63, 3.8) is 0 Å². The fourth-order valence-corrected chi connectivity index (χ4v) is 2.58. The van der Waals surface area contributed by atoms with Crippen molar-refractivity contribution in [2.24, 2.45) is 0 Å². The van der Waals surface area contributed by atoms with Crippen LogP contribution in [0.3, 0.4) is 0 Å². The normalized spacial score (nSPS) is 11.3. The number of fused-ring (bicyclic) bond motifs is 1. The van der Waals surface area contributed by atoms with Crippen molar-refractivity contribution < 1.29 is 9.47 Å². The maximum absolute atomic E-state index is 6.00. The summed E-state index contributed by atoms with van der Waals surface area (Å²) in [6.07, 6.45) is 1.95. The predicted molar refractivity (Wildman–Crippen MR) is 99.9 cm³/mol. The van der Waals surface area contributed by atoms with E-state index in [-0.39, 0.29) is 6.10 Å². The Morgan fingerprint density at radius 1 is 1.08 bits per heavy atom. The molecule has 1 N–H and O–H groups in total. The van der Waals surface area contributed by atoms with E-state index in [9.17, 15) is 0 Å². The first-order valence-corrected chi connectivity index (χ1v) is 8.44. The van der Waals surface area contributed by atoms with Gasteiger partial charge in [-0.05, 0) is 39.8 Å². The van der Waals surface area contributed by atoms with Gasteiger partial charge in [-0.15, -0.1) is 5.10 Å². The van der Waals surface area contributed by atoms with Gasteiger partial charge in [0.15, 0.2) is 5.82 Å². The summed E-state index contributed by atoms with van der Waals surface area (Å²) in [7, 11) is 1.65. The zero-order valence-electron chi connectivity index (χ0n) is 15.3. The van der Waals surface area contributed by atoms with E-state index in [1.54, 1.807) is 11.8 Å². The Morgan fingerprint density at radius 3 is 2.56 bits per heavy atom. The monoisotopic (exact) mass is 340 g/mol. The van der Waals surface area contributed by atoms with Gasteiger partial charge >= 0.3 is 0 Å². The largest absolute Gasteiger partial charge is 0.497 e. The lowest BCUT2D eigenvalue weighted by Crippen LogP contribution is -2.11. The molecule has 0 unspecified atom stereocenters. The van der Waals surface area contributed by atoms with Crippen molar-refractivity contribution in [1.29, 1.82) is 0 Å². The first-order valence-electron chi connectivity index (χ1n) is 8.44. The molecule has 0 bridgehead atoms. The van der Waals surface area contributed by atoms with E-state index in [2.05, 4.69) is 24.3 Å². The molecule has 0 amide bonds. The lowest BCUT2D eigenvalue weighted by Gasteiger charge is -2.14. The van der Waals surface area contributed by atoms with Crippen LogP contribution in [0.2, 0.25) is 0 Å². The molecule has 2 aromatic heterocycles. The van der Waals surface area contributed by atoms with E-state index in [0.29, 0.717) is 11.9 Å². The molecule has 25 heavy (non-hydrogen) atoms. The van der Waals surface area contributed by atoms with Crippen LogP contribution in [0, 0.1) is 0 Å². The van der Waals surface area contributed by atoms with Gasteiger partial charge in [0, 0.05) is 35.8 Å². The molecule has 0 atom stereocenters. The number of hydrogen-bond donors (Lipinski definition) is 1. The number of anilines is 1. The second kappa shape index (κ2) is 7.01. The van der Waals surface area contributed by atoms with Crippen molar-refractivity contribution in [2.45, 2.75) is 39.8 Å². The summed E-state index contributed by atoms with van der Waals surface area (Å²) in [6, 6.07) is 9.95. The molecular weight excluding hydrogens is 316 g/mol. The number of nitrogens with one attached hydrogen (secondary N) is 1. The van der Waals surface area contributed by atoms with E-state index < -0.39 is 0 Å². The number of methoxy groups -OCH3 is 1. The maximum Gasteiger partial charge on any atom is 0.157 e. The number of aromatic nitrogens is 3. The maximum atomic E-state index is 6.00. The summed E-state index contributed by atoms with van der Waals surface area (Å²) in [6.45, 7) is 8.17. The van der Waals surface area contributed by atoms with Crippen molar-refractivity contribution in [1.82, 2.24) is 14.8 Å². The number of hydrogen-bond acceptors (Lipinski definition) is 5. The molecule has 1 aromatic carbocycles. The minimum atomic E-state index is 0.0661. The smallest absolute Gasteiger partial charge is 0.157 e. The van der Waals surface area contributed by atoms with Crippen LogP contribution < -0.4 is 14.8 Å². The molecule has 6 heteroatoms. The highest BCUT2D eigenvalue weighted by Crippen LogP contribution is 2.30. The standard InChI is InChI=1S/C19H24N4O2/c1-12(2)20-18-8-9-23(22-18)19-11-17(25-13(3)4)15-7-6-14(24-5)10-16(15)21-19/h6-13H,1-5H3,(H,20,22). The van der Waals surface area contributed by atoms with Crippen LogP contribution >= 0.6 is 0 Å². The van der Waals surface area contributed by atoms with Crippen molar-refractivity contribution in [3.05, 3.63) is 36.5 Å². The lowest BCUT2D eigenvalue weighted by molar-refractivity contribution is 0.245. The Hall–Kier alpha value is -2.76. The SMILES string of the molecule is COc1ccc2c(OC(C)C)cc(-n3ccc(NC(C)C)n3)nc2c1. The highest BCUT2D eigenvalue weighted by atomic mass is 16.5. The molecule has 0 aliphatic carbocycles. The summed E-state index contributed by atoms with van der Waals surface area (Å²) in [5.41, 5.74) is 0.807. The molecule has 0 aliphatic rings. The van der Waals surface area contributed by atoms with E-state index >= 15 is 0 Å². The van der Waals surface area contributed by atoms with Crippen LogP contribution in [0.4, 0.5) is 5.82 Å². The first-order chi connectivity index (χ1) is 12.0. The third-order valence-corrected chi connectivity index (χ3v) is 3.59. The van der Waals surface area contributed by atoms with Gasteiger partial charge in [-0.3, -0.25) is 0 Å². The van der Waals surface area contributed by atoms with Crippen LogP contribution in [0.25, 0.3) is 16.7 Å². The Labute approximate surface area is 147 Å². The molecule has 0 saturated heterocycles. The summed E-state index contributed by atoms with van der Waals surface area (Å²) >= 11 is 0. The molecule has 0 aliphatic heterocycles. The average Bonchev–Trinajstić information content (AvgIpc) is 3.01. The summed E-state index contributed by atoms with van der Waals surface area (Å²) in [5, 5.41) is 8.78. The fraction of sp³-hybridized carbons (Fsp3) is 0.368. The van der Waals surface area contributed by atoms with Crippen molar-refractivity contribution >= 4 is 16.7 Å². The highest BCUT2D eigenvalue weighted by molar-refractivity contribution is 5.87. The Kier molecular flexibility index (Phi) is 4.79. The molecule has 0 radical (unpaired) electrons. The quantitative estimate of drug-likeness (QED) is 0.734.